The Balaban J connectivity index is 2.14. The Labute approximate surface area is 128 Å². The number of hydrogen-bond acceptors (Lipinski definition) is 1. The number of nitriles is 1. The molecule has 0 saturated carbocycles. The fourth-order valence-electron chi connectivity index (χ4n) is 2.32. The normalized spacial score (nSPS) is 10.3. The number of rotatable bonds is 2. The quantitative estimate of drug-likeness (QED) is 0.694. The fraction of sp³-hybridized carbons (Fsp3) is 0.0556. The van der Waals surface area contributed by atoms with Gasteiger partial charge in [-0.05, 0) is 24.6 Å². The summed E-state index contributed by atoms with van der Waals surface area (Å²) < 4.78 is 0. The van der Waals surface area contributed by atoms with Crippen molar-refractivity contribution in [3.8, 4) is 28.6 Å². The number of nitrogens with one attached hydrogen (secondary N) is 1. The van der Waals surface area contributed by atoms with Crippen LogP contribution in [0.1, 0.15) is 11.1 Å². The SMILES string of the molecule is Cc1ccc(-c2[nH]c(-c3ccccc3Cl)cc2C#N)cc1. The van der Waals surface area contributed by atoms with Gasteiger partial charge in [-0.2, -0.15) is 5.26 Å². The zero-order chi connectivity index (χ0) is 14.8. The summed E-state index contributed by atoms with van der Waals surface area (Å²) in [6, 6.07) is 19.8. The molecule has 0 saturated heterocycles. The maximum Gasteiger partial charge on any atom is 0.101 e. The van der Waals surface area contributed by atoms with Gasteiger partial charge in [0.2, 0.25) is 0 Å². The second kappa shape index (κ2) is 5.47. The summed E-state index contributed by atoms with van der Waals surface area (Å²) in [7, 11) is 0. The van der Waals surface area contributed by atoms with E-state index in [9.17, 15) is 5.26 Å². The van der Waals surface area contributed by atoms with Crippen LogP contribution >= 0.6 is 11.6 Å². The van der Waals surface area contributed by atoms with Crippen molar-refractivity contribution in [3.05, 3.63) is 70.7 Å². The van der Waals surface area contributed by atoms with E-state index in [0.29, 0.717) is 10.6 Å². The van der Waals surface area contributed by atoms with Gasteiger partial charge < -0.3 is 4.98 Å². The van der Waals surface area contributed by atoms with E-state index in [-0.39, 0.29) is 0 Å². The van der Waals surface area contributed by atoms with Gasteiger partial charge in [-0.1, -0.05) is 59.6 Å². The van der Waals surface area contributed by atoms with Gasteiger partial charge in [0.25, 0.3) is 0 Å². The van der Waals surface area contributed by atoms with Crippen LogP contribution in [-0.2, 0) is 0 Å². The molecule has 3 heteroatoms. The molecule has 0 radical (unpaired) electrons. The molecule has 0 aliphatic heterocycles. The van der Waals surface area contributed by atoms with Crippen LogP contribution in [0, 0.1) is 18.3 Å². The summed E-state index contributed by atoms with van der Waals surface area (Å²) in [5.74, 6) is 0. The van der Waals surface area contributed by atoms with Crippen LogP contribution in [0.5, 0.6) is 0 Å². The number of aryl methyl sites for hydroxylation is 1. The zero-order valence-corrected chi connectivity index (χ0v) is 12.3. The predicted molar refractivity (Wildman–Crippen MR) is 86.1 cm³/mol. The molecule has 3 rings (SSSR count). The predicted octanol–water partition coefficient (Wildman–Crippen LogP) is 5.18. The average molecular weight is 293 g/mol. The largest absolute Gasteiger partial charge is 0.353 e. The molecule has 0 atom stereocenters. The minimum Gasteiger partial charge on any atom is -0.353 e. The number of hydrogen-bond donors (Lipinski definition) is 1. The van der Waals surface area contributed by atoms with E-state index in [1.54, 1.807) is 0 Å². The molecule has 21 heavy (non-hydrogen) atoms. The summed E-state index contributed by atoms with van der Waals surface area (Å²) in [4.78, 5) is 3.32. The third-order valence-corrected chi connectivity index (χ3v) is 3.77. The van der Waals surface area contributed by atoms with Gasteiger partial charge in [0, 0.05) is 16.3 Å². The maximum absolute atomic E-state index is 9.36. The average Bonchev–Trinajstić information content (AvgIpc) is 2.92. The van der Waals surface area contributed by atoms with E-state index in [1.807, 2.05) is 61.5 Å². The minimum atomic E-state index is 0.619. The van der Waals surface area contributed by atoms with Crippen molar-refractivity contribution in [1.82, 2.24) is 4.98 Å². The molecule has 0 spiro atoms. The molecule has 0 unspecified atom stereocenters. The molecule has 0 amide bonds. The number of nitrogens with zero attached hydrogens (tertiary/aromatic N) is 1. The second-order valence-corrected chi connectivity index (χ2v) is 5.34. The molecule has 2 aromatic carbocycles. The molecular formula is C18H13ClN2. The standard InChI is InChI=1S/C18H13ClN2/c1-12-6-8-13(9-7-12)18-14(11-20)10-17(21-18)15-4-2-3-5-16(15)19/h2-10,21H,1H3. The lowest BCUT2D eigenvalue weighted by Crippen LogP contribution is -1.83. The highest BCUT2D eigenvalue weighted by Gasteiger charge is 2.12. The Kier molecular flexibility index (Phi) is 3.51. The van der Waals surface area contributed by atoms with Crippen LogP contribution < -0.4 is 0 Å². The molecule has 2 nitrogen and oxygen atoms in total. The molecule has 1 aromatic heterocycles. The van der Waals surface area contributed by atoms with Gasteiger partial charge in [-0.25, -0.2) is 0 Å². The summed E-state index contributed by atoms with van der Waals surface area (Å²) >= 11 is 6.23. The third kappa shape index (κ3) is 2.56. The Morgan fingerprint density at radius 1 is 1.05 bits per heavy atom. The first-order valence-corrected chi connectivity index (χ1v) is 7.02. The van der Waals surface area contributed by atoms with Crippen LogP contribution in [0.4, 0.5) is 0 Å². The number of benzene rings is 2. The third-order valence-electron chi connectivity index (χ3n) is 3.44. The van der Waals surface area contributed by atoms with Crippen LogP contribution in [0.2, 0.25) is 5.02 Å². The zero-order valence-electron chi connectivity index (χ0n) is 11.5. The molecule has 102 valence electrons. The van der Waals surface area contributed by atoms with E-state index < -0.39 is 0 Å². The fourth-order valence-corrected chi connectivity index (χ4v) is 2.55. The van der Waals surface area contributed by atoms with Gasteiger partial charge in [-0.15, -0.1) is 0 Å². The van der Waals surface area contributed by atoms with Gasteiger partial charge in [0.1, 0.15) is 6.07 Å². The maximum atomic E-state index is 9.36. The first-order valence-electron chi connectivity index (χ1n) is 6.64. The number of aromatic nitrogens is 1. The van der Waals surface area contributed by atoms with E-state index in [1.165, 1.54) is 5.56 Å². The molecule has 1 N–H and O–H groups in total. The number of H-pyrrole nitrogens is 1. The molecule has 0 bridgehead atoms. The van der Waals surface area contributed by atoms with Gasteiger partial charge >= 0.3 is 0 Å². The highest BCUT2D eigenvalue weighted by atomic mass is 35.5. The van der Waals surface area contributed by atoms with E-state index in [0.717, 1.165) is 22.5 Å². The lowest BCUT2D eigenvalue weighted by molar-refractivity contribution is 1.37. The van der Waals surface area contributed by atoms with Gasteiger partial charge in [0.05, 0.1) is 11.3 Å². The topological polar surface area (TPSA) is 39.6 Å². The Hall–Kier alpha value is -2.50. The summed E-state index contributed by atoms with van der Waals surface area (Å²) in [6.45, 7) is 2.04. The van der Waals surface area contributed by atoms with E-state index in [4.69, 9.17) is 11.6 Å². The summed E-state index contributed by atoms with van der Waals surface area (Å²) in [6.07, 6.45) is 0. The molecule has 0 aliphatic carbocycles. The van der Waals surface area contributed by atoms with Crippen molar-refractivity contribution < 1.29 is 0 Å². The lowest BCUT2D eigenvalue weighted by Gasteiger charge is -2.02. The Morgan fingerprint density at radius 3 is 2.43 bits per heavy atom. The van der Waals surface area contributed by atoms with Crippen molar-refractivity contribution >= 4 is 11.6 Å². The number of aromatic amines is 1. The van der Waals surface area contributed by atoms with Crippen molar-refractivity contribution in [2.75, 3.05) is 0 Å². The molecule has 0 fully saturated rings. The van der Waals surface area contributed by atoms with Gasteiger partial charge in [0.15, 0.2) is 0 Å². The van der Waals surface area contributed by atoms with E-state index in [2.05, 4.69) is 11.1 Å². The summed E-state index contributed by atoms with van der Waals surface area (Å²) in [5.41, 5.74) is 5.38. The van der Waals surface area contributed by atoms with Crippen LogP contribution in [-0.4, -0.2) is 4.98 Å². The second-order valence-electron chi connectivity index (χ2n) is 4.93. The highest BCUT2D eigenvalue weighted by Crippen LogP contribution is 2.32. The van der Waals surface area contributed by atoms with Crippen molar-refractivity contribution in [2.24, 2.45) is 0 Å². The van der Waals surface area contributed by atoms with Crippen molar-refractivity contribution in [1.29, 1.82) is 5.26 Å². The molecular weight excluding hydrogens is 280 g/mol. The van der Waals surface area contributed by atoms with E-state index >= 15 is 0 Å². The lowest BCUT2D eigenvalue weighted by atomic mass is 10.1. The monoisotopic (exact) mass is 292 g/mol. The number of halogens is 1. The summed E-state index contributed by atoms with van der Waals surface area (Å²) in [5, 5.41) is 10.0. The minimum absolute atomic E-state index is 0.619. The molecule has 3 aromatic rings. The molecule has 0 aliphatic rings. The highest BCUT2D eigenvalue weighted by molar-refractivity contribution is 6.33. The first kappa shape index (κ1) is 13.5. The van der Waals surface area contributed by atoms with Gasteiger partial charge in [-0.3, -0.25) is 0 Å². The van der Waals surface area contributed by atoms with Crippen LogP contribution in [0.25, 0.3) is 22.5 Å². The first-order chi connectivity index (χ1) is 10.2. The molecule has 1 heterocycles. The smallest absolute Gasteiger partial charge is 0.101 e. The van der Waals surface area contributed by atoms with Crippen molar-refractivity contribution in [2.45, 2.75) is 6.92 Å². The van der Waals surface area contributed by atoms with Crippen LogP contribution in [0.3, 0.4) is 0 Å². The van der Waals surface area contributed by atoms with Crippen LogP contribution in [0.15, 0.2) is 54.6 Å². The Morgan fingerprint density at radius 2 is 1.76 bits per heavy atom. The van der Waals surface area contributed by atoms with Crippen molar-refractivity contribution in [3.63, 3.8) is 0 Å². The Bertz CT molecular complexity index is 823.